The topological polar surface area (TPSA) is 38.3 Å². The van der Waals surface area contributed by atoms with E-state index >= 15 is 0 Å². The molecule has 0 aromatic heterocycles. The van der Waals surface area contributed by atoms with Crippen LogP contribution in [0.3, 0.4) is 0 Å². The van der Waals surface area contributed by atoms with Gasteiger partial charge in [-0.3, -0.25) is 4.79 Å². The molecule has 5 heteroatoms. The van der Waals surface area contributed by atoms with Crippen LogP contribution >= 0.6 is 27.5 Å². The van der Waals surface area contributed by atoms with Crippen LogP contribution < -0.4 is 5.32 Å². The number of nitrogens with one attached hydrogen (secondary N) is 1. The lowest BCUT2D eigenvalue weighted by Gasteiger charge is -2.11. The van der Waals surface area contributed by atoms with Gasteiger partial charge in [0.1, 0.15) is 6.10 Å². The van der Waals surface area contributed by atoms with Crippen molar-refractivity contribution in [3.05, 3.63) is 27.7 Å². The molecule has 3 nitrogen and oxygen atoms in total. The minimum Gasteiger partial charge on any atom is -0.368 e. The van der Waals surface area contributed by atoms with Gasteiger partial charge in [0, 0.05) is 16.1 Å². The van der Waals surface area contributed by atoms with Crippen LogP contribution in [0.2, 0.25) is 5.02 Å². The molecule has 1 amide bonds. The van der Waals surface area contributed by atoms with E-state index in [4.69, 9.17) is 16.3 Å². The number of carbonyl (C=O) groups is 1. The van der Waals surface area contributed by atoms with Gasteiger partial charge in [0.25, 0.3) is 5.91 Å². The molecule has 16 heavy (non-hydrogen) atoms. The third kappa shape index (κ3) is 2.75. The molecule has 1 aliphatic heterocycles. The highest BCUT2D eigenvalue weighted by molar-refractivity contribution is 9.10. The monoisotopic (exact) mass is 303 g/mol. The van der Waals surface area contributed by atoms with E-state index in [-0.39, 0.29) is 12.0 Å². The molecule has 1 N–H and O–H groups in total. The molecule has 0 aliphatic carbocycles. The minimum absolute atomic E-state index is 0.0967. The number of halogens is 2. The Morgan fingerprint density at radius 2 is 2.38 bits per heavy atom. The van der Waals surface area contributed by atoms with Gasteiger partial charge in [-0.25, -0.2) is 0 Å². The molecule has 86 valence electrons. The lowest BCUT2D eigenvalue weighted by Crippen LogP contribution is -2.26. The minimum atomic E-state index is -0.317. The molecule has 1 saturated heterocycles. The van der Waals surface area contributed by atoms with Crippen LogP contribution in [0.1, 0.15) is 12.8 Å². The Morgan fingerprint density at radius 1 is 1.56 bits per heavy atom. The highest BCUT2D eigenvalue weighted by Crippen LogP contribution is 2.26. The normalized spacial score (nSPS) is 19.8. The van der Waals surface area contributed by atoms with E-state index < -0.39 is 0 Å². The quantitative estimate of drug-likeness (QED) is 0.911. The van der Waals surface area contributed by atoms with Crippen molar-refractivity contribution in [2.24, 2.45) is 0 Å². The fourth-order valence-corrected chi connectivity index (χ4v) is 2.37. The van der Waals surface area contributed by atoms with Crippen molar-refractivity contribution in [1.29, 1.82) is 0 Å². The summed E-state index contributed by atoms with van der Waals surface area (Å²) < 4.78 is 6.07. The van der Waals surface area contributed by atoms with Gasteiger partial charge in [-0.1, -0.05) is 11.6 Å². The highest BCUT2D eigenvalue weighted by atomic mass is 79.9. The Bertz CT molecular complexity index is 405. The van der Waals surface area contributed by atoms with Gasteiger partial charge in [-0.05, 0) is 47.0 Å². The SMILES string of the molecule is O=C(Nc1ccc(Cl)cc1Br)C1CCCO1. The second kappa shape index (κ2) is 5.17. The number of ether oxygens (including phenoxy) is 1. The van der Waals surface area contributed by atoms with Crippen LogP contribution in [0.5, 0.6) is 0 Å². The number of anilines is 1. The molecule has 1 aromatic rings. The number of benzene rings is 1. The molecular formula is C11H11BrClNO2. The average Bonchev–Trinajstić information content (AvgIpc) is 2.75. The molecular weight excluding hydrogens is 293 g/mol. The van der Waals surface area contributed by atoms with E-state index in [0.29, 0.717) is 17.3 Å². The maximum atomic E-state index is 11.8. The smallest absolute Gasteiger partial charge is 0.253 e. The summed E-state index contributed by atoms with van der Waals surface area (Å²) >= 11 is 9.16. The van der Waals surface area contributed by atoms with Gasteiger partial charge >= 0.3 is 0 Å². The van der Waals surface area contributed by atoms with E-state index in [1.54, 1.807) is 18.2 Å². The zero-order valence-electron chi connectivity index (χ0n) is 8.50. The lowest BCUT2D eigenvalue weighted by molar-refractivity contribution is -0.124. The van der Waals surface area contributed by atoms with Gasteiger partial charge in [0.2, 0.25) is 0 Å². The Kier molecular flexibility index (Phi) is 3.84. The van der Waals surface area contributed by atoms with Gasteiger partial charge in [-0.2, -0.15) is 0 Å². The van der Waals surface area contributed by atoms with Gasteiger partial charge in [-0.15, -0.1) is 0 Å². The van der Waals surface area contributed by atoms with Crippen molar-refractivity contribution in [3.8, 4) is 0 Å². The maximum absolute atomic E-state index is 11.8. The van der Waals surface area contributed by atoms with E-state index in [1.165, 1.54) is 0 Å². The summed E-state index contributed by atoms with van der Waals surface area (Å²) in [6.07, 6.45) is 1.42. The summed E-state index contributed by atoms with van der Waals surface area (Å²) in [7, 11) is 0. The summed E-state index contributed by atoms with van der Waals surface area (Å²) in [5.74, 6) is -0.0967. The molecule has 1 aromatic carbocycles. The Morgan fingerprint density at radius 3 is 3.00 bits per heavy atom. The van der Waals surface area contributed by atoms with Crippen LogP contribution in [0.4, 0.5) is 5.69 Å². The summed E-state index contributed by atoms with van der Waals surface area (Å²) in [5.41, 5.74) is 0.713. The standard InChI is InChI=1S/C11H11BrClNO2/c12-8-6-7(13)3-4-9(8)14-11(15)10-2-1-5-16-10/h3-4,6,10H,1-2,5H2,(H,14,15). The fraction of sp³-hybridized carbons (Fsp3) is 0.364. The third-order valence-corrected chi connectivity index (χ3v) is 3.30. The predicted octanol–water partition coefficient (Wildman–Crippen LogP) is 3.22. The first kappa shape index (κ1) is 11.9. The van der Waals surface area contributed by atoms with Gasteiger partial charge in [0.05, 0.1) is 5.69 Å². The number of hydrogen-bond donors (Lipinski definition) is 1. The number of rotatable bonds is 2. The summed E-state index contributed by atoms with van der Waals surface area (Å²) in [6, 6.07) is 5.24. The van der Waals surface area contributed by atoms with Crippen LogP contribution in [-0.2, 0) is 9.53 Å². The Labute approximate surface area is 107 Å². The molecule has 0 bridgehead atoms. The zero-order chi connectivity index (χ0) is 11.5. The van der Waals surface area contributed by atoms with Crippen molar-refractivity contribution >= 4 is 39.1 Å². The number of amides is 1. The fourth-order valence-electron chi connectivity index (χ4n) is 1.59. The van der Waals surface area contributed by atoms with E-state index in [0.717, 1.165) is 17.3 Å². The van der Waals surface area contributed by atoms with Crippen LogP contribution in [-0.4, -0.2) is 18.6 Å². The molecule has 1 aliphatic rings. The van der Waals surface area contributed by atoms with E-state index in [1.807, 2.05) is 0 Å². The molecule has 2 rings (SSSR count). The molecule has 1 fully saturated rings. The lowest BCUT2D eigenvalue weighted by atomic mass is 10.2. The summed E-state index contributed by atoms with van der Waals surface area (Å²) in [6.45, 7) is 0.667. The van der Waals surface area contributed by atoms with Gasteiger partial charge in [0.15, 0.2) is 0 Å². The average molecular weight is 305 g/mol. The Hall–Kier alpha value is -0.580. The number of hydrogen-bond acceptors (Lipinski definition) is 2. The predicted molar refractivity (Wildman–Crippen MR) is 66.8 cm³/mol. The summed E-state index contributed by atoms with van der Waals surface area (Å²) in [5, 5.41) is 3.44. The van der Waals surface area contributed by atoms with Crippen LogP contribution in [0.15, 0.2) is 22.7 Å². The molecule has 0 radical (unpaired) electrons. The van der Waals surface area contributed by atoms with E-state index in [2.05, 4.69) is 21.2 Å². The van der Waals surface area contributed by atoms with Crippen molar-refractivity contribution in [2.45, 2.75) is 18.9 Å². The Balaban J connectivity index is 2.05. The second-order valence-corrected chi connectivity index (χ2v) is 4.91. The van der Waals surface area contributed by atoms with Crippen molar-refractivity contribution < 1.29 is 9.53 Å². The van der Waals surface area contributed by atoms with E-state index in [9.17, 15) is 4.79 Å². The van der Waals surface area contributed by atoms with Crippen molar-refractivity contribution in [1.82, 2.24) is 0 Å². The van der Waals surface area contributed by atoms with Crippen LogP contribution in [0, 0.1) is 0 Å². The third-order valence-electron chi connectivity index (χ3n) is 2.41. The first-order valence-corrected chi connectivity index (χ1v) is 6.21. The highest BCUT2D eigenvalue weighted by Gasteiger charge is 2.23. The van der Waals surface area contributed by atoms with Crippen molar-refractivity contribution in [2.75, 3.05) is 11.9 Å². The maximum Gasteiger partial charge on any atom is 0.253 e. The summed E-state index contributed by atoms with van der Waals surface area (Å²) in [4.78, 5) is 11.8. The van der Waals surface area contributed by atoms with Crippen molar-refractivity contribution in [3.63, 3.8) is 0 Å². The van der Waals surface area contributed by atoms with Gasteiger partial charge < -0.3 is 10.1 Å². The molecule has 1 unspecified atom stereocenters. The van der Waals surface area contributed by atoms with Crippen LogP contribution in [0.25, 0.3) is 0 Å². The number of carbonyl (C=O) groups excluding carboxylic acids is 1. The largest absolute Gasteiger partial charge is 0.368 e. The molecule has 1 atom stereocenters. The molecule has 1 heterocycles. The second-order valence-electron chi connectivity index (χ2n) is 3.62. The zero-order valence-corrected chi connectivity index (χ0v) is 10.8. The molecule has 0 spiro atoms. The first-order valence-electron chi connectivity index (χ1n) is 5.04. The first-order chi connectivity index (χ1) is 7.66. The molecule has 0 saturated carbocycles.